The van der Waals surface area contributed by atoms with Gasteiger partial charge in [0.1, 0.15) is 0 Å². The van der Waals surface area contributed by atoms with Gasteiger partial charge in [-0.05, 0) is 81.8 Å². The second-order valence-electron chi connectivity index (χ2n) is 10.4. The van der Waals surface area contributed by atoms with Crippen molar-refractivity contribution >= 4 is 8.32 Å². The highest BCUT2D eigenvalue weighted by atomic mass is 28.4. The lowest BCUT2D eigenvalue weighted by atomic mass is 9.71. The topological polar surface area (TPSA) is 56.2 Å². The van der Waals surface area contributed by atoms with E-state index in [2.05, 4.69) is 43.7 Å². The molecule has 2 rings (SSSR count). The van der Waals surface area contributed by atoms with Crippen molar-refractivity contribution in [1.82, 2.24) is 9.80 Å². The van der Waals surface area contributed by atoms with Crippen molar-refractivity contribution in [2.75, 3.05) is 52.5 Å². The molecule has 0 atom stereocenters. The highest BCUT2D eigenvalue weighted by Gasteiger charge is 2.39. The lowest BCUT2D eigenvalue weighted by Crippen LogP contribution is -2.51. The van der Waals surface area contributed by atoms with Crippen molar-refractivity contribution in [1.29, 1.82) is 0 Å². The number of hydrogen-bond acceptors (Lipinski definition) is 5. The standard InChI is InChI=1S/C21H44N2O3Si/c1-20(2,3)27(4,5)26-16-6-11-22-12-7-21(8-13-22)9-14-23(15-10-21)19(17-24)18-25/h19,24-25H,6-18H2,1-5H3. The van der Waals surface area contributed by atoms with Gasteiger partial charge in [0.2, 0.25) is 0 Å². The van der Waals surface area contributed by atoms with Crippen LogP contribution in [0.4, 0.5) is 0 Å². The molecule has 2 N–H and O–H groups in total. The largest absolute Gasteiger partial charge is 0.417 e. The van der Waals surface area contributed by atoms with Crippen LogP contribution in [0.5, 0.6) is 0 Å². The van der Waals surface area contributed by atoms with E-state index in [9.17, 15) is 10.2 Å². The summed E-state index contributed by atoms with van der Waals surface area (Å²) in [5.41, 5.74) is 0.500. The third kappa shape index (κ3) is 6.25. The molecule has 0 aromatic heterocycles. The summed E-state index contributed by atoms with van der Waals surface area (Å²) in [5.74, 6) is 0. The normalized spacial score (nSPS) is 22.7. The van der Waals surface area contributed by atoms with Crippen molar-refractivity contribution in [2.24, 2.45) is 5.41 Å². The van der Waals surface area contributed by atoms with E-state index in [0.717, 1.165) is 32.7 Å². The molecule has 0 aliphatic carbocycles. The van der Waals surface area contributed by atoms with Crippen LogP contribution in [0.15, 0.2) is 0 Å². The quantitative estimate of drug-likeness (QED) is 0.485. The van der Waals surface area contributed by atoms with E-state index in [4.69, 9.17) is 4.43 Å². The van der Waals surface area contributed by atoms with E-state index < -0.39 is 8.32 Å². The highest BCUT2D eigenvalue weighted by Crippen LogP contribution is 2.41. The van der Waals surface area contributed by atoms with Gasteiger partial charge in [0.05, 0.1) is 19.3 Å². The minimum Gasteiger partial charge on any atom is -0.417 e. The molecule has 6 heteroatoms. The van der Waals surface area contributed by atoms with Crippen LogP contribution in [0.2, 0.25) is 18.1 Å². The summed E-state index contributed by atoms with van der Waals surface area (Å²) in [4.78, 5) is 4.90. The van der Waals surface area contributed by atoms with Gasteiger partial charge in [-0.1, -0.05) is 20.8 Å². The molecular weight excluding hydrogens is 356 g/mol. The zero-order valence-corrected chi connectivity index (χ0v) is 19.5. The molecule has 2 fully saturated rings. The van der Waals surface area contributed by atoms with E-state index in [1.165, 1.54) is 38.8 Å². The summed E-state index contributed by atoms with van der Waals surface area (Å²) in [7, 11) is -1.60. The van der Waals surface area contributed by atoms with Gasteiger partial charge >= 0.3 is 0 Å². The van der Waals surface area contributed by atoms with E-state index in [1.807, 2.05) is 0 Å². The van der Waals surface area contributed by atoms with Crippen LogP contribution in [0.1, 0.15) is 52.9 Å². The summed E-state index contributed by atoms with van der Waals surface area (Å²) >= 11 is 0. The number of aliphatic hydroxyl groups excluding tert-OH is 2. The third-order valence-corrected chi connectivity index (χ3v) is 12.1. The van der Waals surface area contributed by atoms with Crippen LogP contribution in [0.3, 0.4) is 0 Å². The Morgan fingerprint density at radius 1 is 0.963 bits per heavy atom. The molecule has 5 nitrogen and oxygen atoms in total. The van der Waals surface area contributed by atoms with E-state index >= 15 is 0 Å². The number of piperidine rings is 2. The molecule has 0 unspecified atom stereocenters. The maximum atomic E-state index is 9.40. The number of likely N-dealkylation sites (tertiary alicyclic amines) is 2. The van der Waals surface area contributed by atoms with Gasteiger partial charge in [0.15, 0.2) is 8.32 Å². The Hall–Kier alpha value is 0.0169. The summed E-state index contributed by atoms with van der Waals surface area (Å²) < 4.78 is 6.32. The zero-order valence-electron chi connectivity index (χ0n) is 18.5. The van der Waals surface area contributed by atoms with Crippen molar-refractivity contribution in [2.45, 2.75) is 77.0 Å². The van der Waals surface area contributed by atoms with Gasteiger partial charge in [-0.2, -0.15) is 0 Å². The third-order valence-electron chi connectivity index (χ3n) is 7.60. The molecule has 2 heterocycles. The highest BCUT2D eigenvalue weighted by molar-refractivity contribution is 6.74. The predicted octanol–water partition coefficient (Wildman–Crippen LogP) is 2.93. The molecule has 160 valence electrons. The van der Waals surface area contributed by atoms with Crippen LogP contribution < -0.4 is 0 Å². The van der Waals surface area contributed by atoms with Crippen molar-refractivity contribution < 1.29 is 14.6 Å². The minimum atomic E-state index is -1.60. The molecule has 0 radical (unpaired) electrons. The number of rotatable bonds is 8. The molecule has 27 heavy (non-hydrogen) atoms. The summed E-state index contributed by atoms with van der Waals surface area (Å²) in [6, 6.07) is -0.0664. The van der Waals surface area contributed by atoms with Crippen LogP contribution in [0, 0.1) is 5.41 Å². The van der Waals surface area contributed by atoms with E-state index in [0.29, 0.717) is 10.5 Å². The first-order valence-corrected chi connectivity index (χ1v) is 13.9. The Kier molecular flexibility index (Phi) is 8.35. The maximum absolute atomic E-state index is 9.40. The molecule has 2 aliphatic rings. The van der Waals surface area contributed by atoms with Crippen LogP contribution in [0.25, 0.3) is 0 Å². The van der Waals surface area contributed by atoms with Gasteiger partial charge in [-0.15, -0.1) is 0 Å². The number of aliphatic hydroxyl groups is 2. The van der Waals surface area contributed by atoms with Crippen LogP contribution >= 0.6 is 0 Å². The average molecular weight is 401 g/mol. The first kappa shape index (κ1) is 23.3. The first-order chi connectivity index (χ1) is 12.6. The van der Waals surface area contributed by atoms with Crippen molar-refractivity contribution in [3.05, 3.63) is 0 Å². The smallest absolute Gasteiger partial charge is 0.191 e. The van der Waals surface area contributed by atoms with Gasteiger partial charge in [-0.3, -0.25) is 4.90 Å². The summed E-state index contributed by atoms with van der Waals surface area (Å²) in [6.07, 6.45) is 6.17. The Balaban J connectivity index is 1.66. The Bertz CT molecular complexity index is 431. The predicted molar refractivity (Wildman–Crippen MR) is 115 cm³/mol. The van der Waals surface area contributed by atoms with Crippen LogP contribution in [-0.2, 0) is 4.43 Å². The Labute approximate surface area is 168 Å². The van der Waals surface area contributed by atoms with Crippen LogP contribution in [-0.4, -0.2) is 86.9 Å². The maximum Gasteiger partial charge on any atom is 0.191 e. The molecule has 0 bridgehead atoms. The second kappa shape index (κ2) is 9.68. The molecule has 0 saturated carbocycles. The monoisotopic (exact) mass is 400 g/mol. The Morgan fingerprint density at radius 3 is 1.96 bits per heavy atom. The van der Waals surface area contributed by atoms with E-state index in [1.54, 1.807) is 0 Å². The lowest BCUT2D eigenvalue weighted by molar-refractivity contribution is -0.00509. The lowest BCUT2D eigenvalue weighted by Gasteiger charge is -2.48. The average Bonchev–Trinajstić information content (AvgIpc) is 2.62. The molecule has 0 amide bonds. The van der Waals surface area contributed by atoms with Gasteiger partial charge in [0.25, 0.3) is 0 Å². The molecule has 0 aromatic rings. The fourth-order valence-corrected chi connectivity index (χ4v) is 5.32. The summed E-state index contributed by atoms with van der Waals surface area (Å²) in [6.45, 7) is 18.2. The molecular formula is C21H44N2O3Si. The number of hydrogen-bond donors (Lipinski definition) is 2. The van der Waals surface area contributed by atoms with Gasteiger partial charge < -0.3 is 19.5 Å². The van der Waals surface area contributed by atoms with Gasteiger partial charge in [-0.25, -0.2) is 0 Å². The molecule has 2 saturated heterocycles. The van der Waals surface area contributed by atoms with Gasteiger partial charge in [0, 0.05) is 13.2 Å². The molecule has 0 aromatic carbocycles. The summed E-state index contributed by atoms with van der Waals surface area (Å²) in [5, 5.41) is 19.1. The van der Waals surface area contributed by atoms with E-state index in [-0.39, 0.29) is 19.3 Å². The van der Waals surface area contributed by atoms with Crippen molar-refractivity contribution in [3.63, 3.8) is 0 Å². The zero-order chi connectivity index (χ0) is 20.1. The second-order valence-corrected chi connectivity index (χ2v) is 15.2. The van der Waals surface area contributed by atoms with Crippen molar-refractivity contribution in [3.8, 4) is 0 Å². The molecule has 2 aliphatic heterocycles. The fourth-order valence-electron chi connectivity index (χ4n) is 4.24. The first-order valence-electron chi connectivity index (χ1n) is 10.9. The number of nitrogens with zero attached hydrogens (tertiary/aromatic N) is 2. The minimum absolute atomic E-state index is 0.0637. The fraction of sp³-hybridized carbons (Fsp3) is 1.00. The Morgan fingerprint density at radius 2 is 1.48 bits per heavy atom. The SMILES string of the molecule is CC(C)(C)[Si](C)(C)OCCCN1CCC2(CC1)CCN(C(CO)CO)CC2. The molecule has 1 spiro atoms.